The third-order valence-electron chi connectivity index (χ3n) is 2.64. The number of hydrogen-bond donors (Lipinski definition) is 0. The summed E-state index contributed by atoms with van der Waals surface area (Å²) in [5.41, 5.74) is 4.53. The van der Waals surface area contributed by atoms with Crippen LogP contribution in [0.3, 0.4) is 0 Å². The maximum atomic E-state index is 4.52. The molecule has 0 fully saturated rings. The Kier molecular flexibility index (Phi) is 3.48. The lowest BCUT2D eigenvalue weighted by Crippen LogP contribution is -2.03. The Labute approximate surface area is 110 Å². The summed E-state index contributed by atoms with van der Waals surface area (Å²) in [5.74, 6) is 0. The van der Waals surface area contributed by atoms with Gasteiger partial charge in [-0.2, -0.15) is 5.10 Å². The van der Waals surface area contributed by atoms with Gasteiger partial charge in [0.05, 0.1) is 11.4 Å². The Morgan fingerprint density at radius 1 is 1.35 bits per heavy atom. The van der Waals surface area contributed by atoms with Crippen molar-refractivity contribution in [1.82, 2.24) is 9.78 Å². The van der Waals surface area contributed by atoms with Crippen LogP contribution in [0.4, 0.5) is 0 Å². The summed E-state index contributed by atoms with van der Waals surface area (Å²) in [5, 5.41) is 4.52. The number of aromatic nitrogens is 2. The summed E-state index contributed by atoms with van der Waals surface area (Å²) in [6.45, 7) is 7.88. The summed E-state index contributed by atoms with van der Waals surface area (Å²) >= 11 is 3.50. The predicted octanol–water partition coefficient (Wildman–Crippen LogP) is 3.98. The Morgan fingerprint density at radius 2 is 2.12 bits per heavy atom. The Balaban J connectivity index is 2.58. The van der Waals surface area contributed by atoms with Gasteiger partial charge < -0.3 is 0 Å². The standard InChI is InChI=1S/C14H15BrN2/c1-4-5-12-9-13(15)6-7-14(12)17-11(3)8-10(2)16-17/h4,6-9H,1,5H2,2-3H3. The number of aryl methyl sites for hydroxylation is 2. The second kappa shape index (κ2) is 4.88. The smallest absolute Gasteiger partial charge is 0.0684 e. The fourth-order valence-corrected chi connectivity index (χ4v) is 2.36. The zero-order valence-corrected chi connectivity index (χ0v) is 11.7. The van der Waals surface area contributed by atoms with Crippen molar-refractivity contribution in [1.29, 1.82) is 0 Å². The second-order valence-corrected chi connectivity index (χ2v) is 5.02. The second-order valence-electron chi connectivity index (χ2n) is 4.10. The fraction of sp³-hybridized carbons (Fsp3) is 0.214. The molecule has 17 heavy (non-hydrogen) atoms. The van der Waals surface area contributed by atoms with E-state index < -0.39 is 0 Å². The third-order valence-corrected chi connectivity index (χ3v) is 3.14. The van der Waals surface area contributed by atoms with Crippen molar-refractivity contribution in [3.8, 4) is 5.69 Å². The van der Waals surface area contributed by atoms with Gasteiger partial charge in [0.25, 0.3) is 0 Å². The van der Waals surface area contributed by atoms with Crippen LogP contribution in [0.1, 0.15) is 17.0 Å². The van der Waals surface area contributed by atoms with E-state index in [1.54, 1.807) is 0 Å². The highest BCUT2D eigenvalue weighted by Crippen LogP contribution is 2.22. The normalized spacial score (nSPS) is 10.5. The molecule has 0 N–H and O–H groups in total. The maximum absolute atomic E-state index is 4.52. The molecule has 2 aromatic rings. The van der Waals surface area contributed by atoms with E-state index in [9.17, 15) is 0 Å². The predicted molar refractivity (Wildman–Crippen MR) is 74.6 cm³/mol. The molecule has 1 aromatic heterocycles. The fourth-order valence-electron chi connectivity index (χ4n) is 1.95. The van der Waals surface area contributed by atoms with Crippen molar-refractivity contribution >= 4 is 15.9 Å². The lowest BCUT2D eigenvalue weighted by atomic mass is 10.1. The number of halogens is 1. The zero-order valence-electron chi connectivity index (χ0n) is 10.1. The van der Waals surface area contributed by atoms with Crippen LogP contribution >= 0.6 is 15.9 Å². The molecule has 0 radical (unpaired) electrons. The SMILES string of the molecule is C=CCc1cc(Br)ccc1-n1nc(C)cc1C. The molecule has 0 amide bonds. The monoisotopic (exact) mass is 290 g/mol. The molecule has 2 nitrogen and oxygen atoms in total. The average Bonchev–Trinajstić information content (AvgIpc) is 2.59. The quantitative estimate of drug-likeness (QED) is 0.782. The summed E-state index contributed by atoms with van der Waals surface area (Å²) in [7, 11) is 0. The largest absolute Gasteiger partial charge is 0.238 e. The molecule has 1 aromatic carbocycles. The molecule has 0 atom stereocenters. The molecule has 0 aliphatic heterocycles. The first-order valence-corrected chi connectivity index (χ1v) is 6.34. The lowest BCUT2D eigenvalue weighted by molar-refractivity contribution is 0.823. The van der Waals surface area contributed by atoms with Gasteiger partial charge in [0.15, 0.2) is 0 Å². The Bertz CT molecular complexity index is 555. The molecule has 0 spiro atoms. The van der Waals surface area contributed by atoms with Crippen LogP contribution < -0.4 is 0 Å². The molecular weight excluding hydrogens is 276 g/mol. The molecule has 2 rings (SSSR count). The number of nitrogens with zero attached hydrogens (tertiary/aromatic N) is 2. The van der Waals surface area contributed by atoms with E-state index in [0.717, 1.165) is 28.0 Å². The minimum atomic E-state index is 0.840. The highest BCUT2D eigenvalue weighted by Gasteiger charge is 2.08. The van der Waals surface area contributed by atoms with Crippen LogP contribution in [-0.4, -0.2) is 9.78 Å². The molecule has 1 heterocycles. The number of hydrogen-bond acceptors (Lipinski definition) is 1. The number of benzene rings is 1. The molecule has 0 aliphatic rings. The van der Waals surface area contributed by atoms with Crippen LogP contribution in [0.15, 0.2) is 41.4 Å². The molecule has 0 saturated carbocycles. The topological polar surface area (TPSA) is 17.8 Å². The number of allylic oxidation sites excluding steroid dienone is 1. The van der Waals surface area contributed by atoms with Crippen LogP contribution in [0.2, 0.25) is 0 Å². The first kappa shape index (κ1) is 12.1. The van der Waals surface area contributed by atoms with Gasteiger partial charge in [0.2, 0.25) is 0 Å². The van der Waals surface area contributed by atoms with Gasteiger partial charge in [-0.05, 0) is 50.1 Å². The van der Waals surface area contributed by atoms with E-state index >= 15 is 0 Å². The molecule has 0 bridgehead atoms. The van der Waals surface area contributed by atoms with E-state index in [1.165, 1.54) is 5.56 Å². The van der Waals surface area contributed by atoms with Gasteiger partial charge in [-0.3, -0.25) is 0 Å². The van der Waals surface area contributed by atoms with Crippen LogP contribution in [0.25, 0.3) is 5.69 Å². The van der Waals surface area contributed by atoms with Crippen molar-refractivity contribution in [2.45, 2.75) is 20.3 Å². The lowest BCUT2D eigenvalue weighted by Gasteiger charge is -2.10. The average molecular weight is 291 g/mol. The summed E-state index contributed by atoms with van der Waals surface area (Å²) in [4.78, 5) is 0. The maximum Gasteiger partial charge on any atom is 0.0684 e. The van der Waals surface area contributed by atoms with E-state index in [2.05, 4.69) is 52.7 Å². The van der Waals surface area contributed by atoms with Gasteiger partial charge >= 0.3 is 0 Å². The molecule has 0 unspecified atom stereocenters. The minimum Gasteiger partial charge on any atom is -0.238 e. The summed E-state index contributed by atoms with van der Waals surface area (Å²) < 4.78 is 3.07. The zero-order chi connectivity index (χ0) is 12.4. The van der Waals surface area contributed by atoms with Crippen LogP contribution in [-0.2, 0) is 6.42 Å². The highest BCUT2D eigenvalue weighted by molar-refractivity contribution is 9.10. The van der Waals surface area contributed by atoms with Crippen molar-refractivity contribution in [2.75, 3.05) is 0 Å². The third kappa shape index (κ3) is 2.50. The van der Waals surface area contributed by atoms with Crippen LogP contribution in [0.5, 0.6) is 0 Å². The van der Waals surface area contributed by atoms with Crippen molar-refractivity contribution in [3.05, 3.63) is 58.3 Å². The van der Waals surface area contributed by atoms with Gasteiger partial charge in [-0.15, -0.1) is 6.58 Å². The first-order chi connectivity index (χ1) is 8.11. The Morgan fingerprint density at radius 3 is 2.71 bits per heavy atom. The van der Waals surface area contributed by atoms with Crippen molar-refractivity contribution in [2.24, 2.45) is 0 Å². The molecule has 88 valence electrons. The molecular formula is C14H15BrN2. The van der Waals surface area contributed by atoms with E-state index in [-0.39, 0.29) is 0 Å². The number of rotatable bonds is 3. The highest BCUT2D eigenvalue weighted by atomic mass is 79.9. The van der Waals surface area contributed by atoms with E-state index in [1.807, 2.05) is 23.7 Å². The molecule has 0 aliphatic carbocycles. The van der Waals surface area contributed by atoms with Gasteiger partial charge in [0.1, 0.15) is 0 Å². The van der Waals surface area contributed by atoms with Gasteiger partial charge in [-0.1, -0.05) is 22.0 Å². The van der Waals surface area contributed by atoms with Crippen molar-refractivity contribution < 1.29 is 0 Å². The first-order valence-electron chi connectivity index (χ1n) is 5.55. The van der Waals surface area contributed by atoms with E-state index in [0.29, 0.717) is 0 Å². The summed E-state index contributed by atoms with van der Waals surface area (Å²) in [6, 6.07) is 8.33. The summed E-state index contributed by atoms with van der Waals surface area (Å²) in [6.07, 6.45) is 2.75. The minimum absolute atomic E-state index is 0.840. The van der Waals surface area contributed by atoms with Crippen molar-refractivity contribution in [3.63, 3.8) is 0 Å². The van der Waals surface area contributed by atoms with E-state index in [4.69, 9.17) is 0 Å². The van der Waals surface area contributed by atoms with Gasteiger partial charge in [-0.25, -0.2) is 4.68 Å². The van der Waals surface area contributed by atoms with Gasteiger partial charge in [0, 0.05) is 10.2 Å². The molecule has 0 saturated heterocycles. The molecule has 3 heteroatoms. The Hall–Kier alpha value is -1.35. The van der Waals surface area contributed by atoms with Crippen LogP contribution in [0, 0.1) is 13.8 Å².